The third-order valence-corrected chi connectivity index (χ3v) is 6.04. The van der Waals surface area contributed by atoms with Crippen molar-refractivity contribution >= 4 is 16.3 Å². The van der Waals surface area contributed by atoms with Gasteiger partial charge in [0.15, 0.2) is 19.3 Å². The van der Waals surface area contributed by atoms with Crippen LogP contribution < -0.4 is 0 Å². The van der Waals surface area contributed by atoms with Crippen LogP contribution in [0.2, 0.25) is 0 Å². The molecular weight excluding hydrogens is 322 g/mol. The summed E-state index contributed by atoms with van der Waals surface area (Å²) >= 11 is 0. The van der Waals surface area contributed by atoms with E-state index in [0.717, 1.165) is 37.8 Å². The molecule has 0 aromatic heterocycles. The van der Waals surface area contributed by atoms with Gasteiger partial charge in [-0.2, -0.15) is 0 Å². The average molecular weight is 352 g/mol. The van der Waals surface area contributed by atoms with E-state index in [1.54, 1.807) is 0 Å². The van der Waals surface area contributed by atoms with Crippen LogP contribution in [-0.4, -0.2) is 42.1 Å². The lowest BCUT2D eigenvalue weighted by molar-refractivity contribution is -0.533. The van der Waals surface area contributed by atoms with E-state index in [1.807, 2.05) is 29.0 Å². The first-order valence-electron chi connectivity index (χ1n) is 8.87. The highest BCUT2D eigenvalue weighted by atomic mass is 32.2. The lowest BCUT2D eigenvalue weighted by atomic mass is 9.80. The van der Waals surface area contributed by atoms with Gasteiger partial charge in [-0.25, -0.2) is 13.0 Å². The van der Waals surface area contributed by atoms with Crippen molar-refractivity contribution in [1.82, 2.24) is 0 Å². The topological polar surface area (TPSA) is 60.2 Å². The Bertz CT molecular complexity index is 692. The molecule has 4 nitrogen and oxygen atoms in total. The van der Waals surface area contributed by atoms with E-state index in [-0.39, 0.29) is 12.0 Å². The number of hydrogen-bond acceptors (Lipinski definition) is 3. The molecule has 0 radical (unpaired) electrons. The lowest BCUT2D eigenvalue weighted by Crippen LogP contribution is -2.41. The van der Waals surface area contributed by atoms with Crippen molar-refractivity contribution < 1.29 is 17.5 Å². The van der Waals surface area contributed by atoms with Gasteiger partial charge in [-0.1, -0.05) is 50.8 Å². The van der Waals surface area contributed by atoms with E-state index < -0.39 is 15.4 Å². The van der Waals surface area contributed by atoms with E-state index in [0.29, 0.717) is 6.42 Å². The van der Waals surface area contributed by atoms with Gasteiger partial charge in [0.25, 0.3) is 0 Å². The van der Waals surface area contributed by atoms with E-state index in [9.17, 15) is 13.0 Å². The van der Waals surface area contributed by atoms with Crippen molar-refractivity contribution in [3.63, 3.8) is 0 Å². The van der Waals surface area contributed by atoms with Gasteiger partial charge in [0.2, 0.25) is 0 Å². The van der Waals surface area contributed by atoms with Crippen LogP contribution in [0.15, 0.2) is 24.3 Å². The Balaban J connectivity index is 2.16. The SMILES string of the molecule is CCCCCCC(C[N+]1=Cc2ccccc2C(C)(C)C1)S(=O)(=O)[O-]. The Morgan fingerprint density at radius 2 is 1.92 bits per heavy atom. The van der Waals surface area contributed by atoms with Crippen molar-refractivity contribution in [2.45, 2.75) is 63.5 Å². The number of unbranched alkanes of at least 4 members (excludes halogenated alkanes) is 3. The Morgan fingerprint density at radius 3 is 2.58 bits per heavy atom. The summed E-state index contributed by atoms with van der Waals surface area (Å²) in [5.74, 6) is 0. The fourth-order valence-corrected chi connectivity index (χ4v) is 4.40. The minimum Gasteiger partial charge on any atom is -0.748 e. The molecule has 1 atom stereocenters. The van der Waals surface area contributed by atoms with E-state index >= 15 is 0 Å². The predicted molar refractivity (Wildman–Crippen MR) is 96.9 cm³/mol. The normalized spacial score (nSPS) is 17.9. The summed E-state index contributed by atoms with van der Waals surface area (Å²) in [6.45, 7) is 7.45. The van der Waals surface area contributed by atoms with Crippen molar-refractivity contribution in [1.29, 1.82) is 0 Å². The van der Waals surface area contributed by atoms with Crippen molar-refractivity contribution in [2.24, 2.45) is 0 Å². The Kier molecular flexibility index (Phi) is 6.21. The first-order valence-corrected chi connectivity index (χ1v) is 10.3. The second-order valence-corrected chi connectivity index (χ2v) is 9.15. The van der Waals surface area contributed by atoms with Gasteiger partial charge in [0, 0.05) is 11.0 Å². The highest BCUT2D eigenvalue weighted by molar-refractivity contribution is 7.86. The standard InChI is InChI=1S/C19H29NO3S/c1-4-5-6-7-11-17(24(21,22)23)14-20-13-16-10-8-9-12-18(16)19(2,3)15-20/h8-10,12-13,17H,4-7,11,14-15H2,1-3H3. The molecule has 5 heteroatoms. The fraction of sp³-hybridized carbons (Fsp3) is 0.632. The smallest absolute Gasteiger partial charge is 0.171 e. The molecule has 0 amide bonds. The average Bonchev–Trinajstić information content (AvgIpc) is 2.49. The second kappa shape index (κ2) is 7.79. The lowest BCUT2D eigenvalue weighted by Gasteiger charge is -2.30. The maximum atomic E-state index is 11.7. The van der Waals surface area contributed by atoms with Gasteiger partial charge in [-0.15, -0.1) is 0 Å². The highest BCUT2D eigenvalue weighted by Gasteiger charge is 2.34. The molecule has 0 aliphatic carbocycles. The summed E-state index contributed by atoms with van der Waals surface area (Å²) in [4.78, 5) is 0. The van der Waals surface area contributed by atoms with Crippen molar-refractivity contribution in [3.05, 3.63) is 35.4 Å². The van der Waals surface area contributed by atoms with Gasteiger partial charge in [0.05, 0.1) is 0 Å². The molecule has 0 saturated carbocycles. The molecule has 0 spiro atoms. The van der Waals surface area contributed by atoms with Crippen molar-refractivity contribution in [3.8, 4) is 0 Å². The monoisotopic (exact) mass is 351 g/mol. The van der Waals surface area contributed by atoms with E-state index in [1.165, 1.54) is 5.56 Å². The third-order valence-electron chi connectivity index (χ3n) is 4.84. The zero-order valence-corrected chi connectivity index (χ0v) is 15.8. The summed E-state index contributed by atoms with van der Waals surface area (Å²) in [6.07, 6.45) is 6.43. The largest absolute Gasteiger partial charge is 0.748 e. The summed E-state index contributed by atoms with van der Waals surface area (Å²) in [5.41, 5.74) is 2.32. The first kappa shape index (κ1) is 19.1. The molecule has 1 aromatic carbocycles. The number of fused-ring (bicyclic) bond motifs is 1. The van der Waals surface area contributed by atoms with Crippen molar-refractivity contribution in [2.75, 3.05) is 13.1 Å². The second-order valence-electron chi connectivity index (χ2n) is 7.49. The third kappa shape index (κ3) is 4.90. The predicted octanol–water partition coefficient (Wildman–Crippen LogP) is 3.29. The number of hydrogen-bond donors (Lipinski definition) is 0. The molecule has 2 rings (SSSR count). The Hall–Kier alpha value is -1.20. The van der Waals surface area contributed by atoms with Gasteiger partial charge >= 0.3 is 0 Å². The zero-order chi connectivity index (χ0) is 17.8. The summed E-state index contributed by atoms with van der Waals surface area (Å²) < 4.78 is 37.1. The van der Waals surface area contributed by atoms with Crippen LogP contribution in [0, 0.1) is 0 Å². The quantitative estimate of drug-likeness (QED) is 0.410. The van der Waals surface area contributed by atoms with Crippen LogP contribution >= 0.6 is 0 Å². The highest BCUT2D eigenvalue weighted by Crippen LogP contribution is 2.29. The molecule has 1 aliphatic heterocycles. The van der Waals surface area contributed by atoms with E-state index in [2.05, 4.69) is 26.8 Å². The van der Waals surface area contributed by atoms with Gasteiger partial charge in [-0.3, -0.25) is 0 Å². The number of benzene rings is 1. The molecule has 0 N–H and O–H groups in total. The van der Waals surface area contributed by atoms with Crippen LogP contribution in [0.5, 0.6) is 0 Å². The van der Waals surface area contributed by atoms with Crippen LogP contribution in [0.4, 0.5) is 0 Å². The zero-order valence-electron chi connectivity index (χ0n) is 15.0. The minimum atomic E-state index is -4.28. The molecule has 0 fully saturated rings. The molecule has 24 heavy (non-hydrogen) atoms. The molecule has 134 valence electrons. The maximum Gasteiger partial charge on any atom is 0.171 e. The van der Waals surface area contributed by atoms with Crippen LogP contribution in [-0.2, 0) is 15.5 Å². The first-order chi connectivity index (χ1) is 11.2. The van der Waals surface area contributed by atoms with Gasteiger partial charge in [-0.05, 0) is 31.9 Å². The molecule has 1 unspecified atom stereocenters. The van der Waals surface area contributed by atoms with Crippen LogP contribution in [0.1, 0.15) is 64.0 Å². The molecular formula is C19H29NO3S. The summed E-state index contributed by atoms with van der Waals surface area (Å²) in [5, 5.41) is -0.827. The van der Waals surface area contributed by atoms with Gasteiger partial charge < -0.3 is 4.55 Å². The van der Waals surface area contributed by atoms with Crippen LogP contribution in [0.25, 0.3) is 0 Å². The molecule has 1 aromatic rings. The molecule has 0 saturated heterocycles. The molecule has 1 aliphatic rings. The van der Waals surface area contributed by atoms with E-state index in [4.69, 9.17) is 0 Å². The fourth-order valence-electron chi connectivity index (χ4n) is 3.57. The molecule has 1 heterocycles. The number of rotatable bonds is 8. The number of nitrogens with zero attached hydrogens (tertiary/aromatic N) is 1. The molecule has 0 bridgehead atoms. The Labute approximate surface area is 146 Å². The van der Waals surface area contributed by atoms with Crippen LogP contribution in [0.3, 0.4) is 0 Å². The van der Waals surface area contributed by atoms with Gasteiger partial charge in [0.1, 0.15) is 15.4 Å². The maximum absolute atomic E-state index is 11.7. The Morgan fingerprint density at radius 1 is 1.21 bits per heavy atom. The summed E-state index contributed by atoms with van der Waals surface area (Å²) in [7, 11) is -4.28. The minimum absolute atomic E-state index is 0.0647. The summed E-state index contributed by atoms with van der Waals surface area (Å²) in [6, 6.07) is 8.19.